The topological polar surface area (TPSA) is 59.7 Å². The molecule has 2 aliphatic rings. The Hall–Kier alpha value is -2.59. The van der Waals surface area contributed by atoms with Gasteiger partial charge < -0.3 is 4.90 Å². The van der Waals surface area contributed by atoms with E-state index in [0.717, 1.165) is 38.5 Å². The number of amides is 1. The molecule has 1 saturated heterocycles. The van der Waals surface area contributed by atoms with Gasteiger partial charge in [-0.1, -0.05) is 6.58 Å². The first-order valence-corrected chi connectivity index (χ1v) is 9.09. The minimum Gasteiger partial charge on any atom is -0.302 e. The number of likely N-dealkylation sites (tertiary alicyclic amines) is 1. The van der Waals surface area contributed by atoms with E-state index in [1.807, 2.05) is 0 Å². The minimum atomic E-state index is -0.676. The van der Waals surface area contributed by atoms with E-state index in [4.69, 9.17) is 5.26 Å². The molecule has 2 heterocycles. The van der Waals surface area contributed by atoms with Crippen LogP contribution >= 0.6 is 0 Å². The zero-order chi connectivity index (χ0) is 19.4. The van der Waals surface area contributed by atoms with Crippen LogP contribution in [-0.4, -0.2) is 41.7 Å². The third-order valence-electron chi connectivity index (χ3n) is 5.02. The van der Waals surface area contributed by atoms with Gasteiger partial charge in [0, 0.05) is 30.8 Å². The van der Waals surface area contributed by atoms with E-state index in [0.29, 0.717) is 24.0 Å². The van der Waals surface area contributed by atoms with E-state index in [2.05, 4.69) is 22.6 Å². The predicted octanol–water partition coefficient (Wildman–Crippen LogP) is 3.41. The number of nitrogens with zero attached hydrogens (tertiary/aromatic N) is 4. The van der Waals surface area contributed by atoms with Gasteiger partial charge in [0.05, 0.1) is 18.0 Å². The van der Waals surface area contributed by atoms with Crippen LogP contribution < -0.4 is 0 Å². The lowest BCUT2D eigenvalue weighted by Crippen LogP contribution is -2.29. The van der Waals surface area contributed by atoms with Gasteiger partial charge >= 0.3 is 0 Å². The lowest BCUT2D eigenvalue weighted by Gasteiger charge is -2.23. The van der Waals surface area contributed by atoms with Gasteiger partial charge in [-0.2, -0.15) is 10.4 Å². The van der Waals surface area contributed by atoms with E-state index in [9.17, 15) is 13.6 Å². The Kier molecular flexibility index (Phi) is 5.97. The summed E-state index contributed by atoms with van der Waals surface area (Å²) in [6.45, 7) is 6.37. The van der Waals surface area contributed by atoms with Gasteiger partial charge in [0.15, 0.2) is 0 Å². The molecule has 3 rings (SSSR count). The van der Waals surface area contributed by atoms with Crippen LogP contribution in [0.2, 0.25) is 0 Å². The standard InChI is InChI=1S/C20H22F2N4O/c1-14(3-2-7-25-8-5-15(12-23)13-25)20(27)26-19(4-6-24-26)16-9-17(21)11-18(22)10-16/h6,9-11,15,19H,1-5,7-8,13H2. The highest BCUT2D eigenvalue weighted by Gasteiger charge is 2.30. The fourth-order valence-electron chi connectivity index (χ4n) is 3.58. The lowest BCUT2D eigenvalue weighted by atomic mass is 10.0. The van der Waals surface area contributed by atoms with E-state index >= 15 is 0 Å². The van der Waals surface area contributed by atoms with E-state index in [-0.39, 0.29) is 11.8 Å². The Morgan fingerprint density at radius 2 is 2.07 bits per heavy atom. The van der Waals surface area contributed by atoms with Crippen molar-refractivity contribution in [3.8, 4) is 6.07 Å². The van der Waals surface area contributed by atoms with Gasteiger partial charge in [-0.05, 0) is 50.0 Å². The first kappa shape index (κ1) is 19.2. The van der Waals surface area contributed by atoms with Crippen molar-refractivity contribution in [2.45, 2.75) is 31.7 Å². The van der Waals surface area contributed by atoms with Crippen molar-refractivity contribution in [1.29, 1.82) is 5.26 Å². The average Bonchev–Trinajstić information content (AvgIpc) is 3.29. The molecule has 5 nitrogen and oxygen atoms in total. The van der Waals surface area contributed by atoms with Gasteiger partial charge in [0.2, 0.25) is 0 Å². The molecule has 142 valence electrons. The maximum atomic E-state index is 13.5. The predicted molar refractivity (Wildman–Crippen MR) is 97.6 cm³/mol. The zero-order valence-electron chi connectivity index (χ0n) is 15.1. The number of nitriles is 1. The summed E-state index contributed by atoms with van der Waals surface area (Å²) in [5.74, 6) is -1.58. The second-order valence-corrected chi connectivity index (χ2v) is 7.02. The minimum absolute atomic E-state index is 0.0983. The van der Waals surface area contributed by atoms with Crippen LogP contribution in [-0.2, 0) is 4.79 Å². The SMILES string of the molecule is C=C(CCCN1CCC(C#N)C1)C(=O)N1N=CCC1c1cc(F)cc(F)c1. The highest BCUT2D eigenvalue weighted by molar-refractivity contribution is 5.94. The third-order valence-corrected chi connectivity index (χ3v) is 5.02. The highest BCUT2D eigenvalue weighted by Crippen LogP contribution is 2.30. The van der Waals surface area contributed by atoms with Crippen LogP contribution in [0.3, 0.4) is 0 Å². The molecule has 2 aliphatic heterocycles. The Morgan fingerprint density at radius 1 is 1.33 bits per heavy atom. The molecular formula is C20H22F2N4O. The fraction of sp³-hybridized carbons (Fsp3) is 0.450. The number of carbonyl (C=O) groups is 1. The van der Waals surface area contributed by atoms with E-state index < -0.39 is 17.7 Å². The largest absolute Gasteiger partial charge is 0.302 e. The smallest absolute Gasteiger partial charge is 0.269 e. The van der Waals surface area contributed by atoms with Crippen LogP contribution in [0.15, 0.2) is 35.5 Å². The van der Waals surface area contributed by atoms with Crippen molar-refractivity contribution in [3.63, 3.8) is 0 Å². The molecule has 27 heavy (non-hydrogen) atoms. The van der Waals surface area contributed by atoms with Gasteiger partial charge in [-0.25, -0.2) is 13.8 Å². The van der Waals surface area contributed by atoms with E-state index in [1.54, 1.807) is 6.21 Å². The molecule has 2 atom stereocenters. The molecule has 1 aromatic rings. The summed E-state index contributed by atoms with van der Waals surface area (Å²) >= 11 is 0. The van der Waals surface area contributed by atoms with Gasteiger partial charge in [0.25, 0.3) is 5.91 Å². The van der Waals surface area contributed by atoms with Crippen LogP contribution in [0.5, 0.6) is 0 Å². The Balaban J connectivity index is 1.55. The monoisotopic (exact) mass is 372 g/mol. The van der Waals surface area contributed by atoms with Crippen LogP contribution in [0.4, 0.5) is 8.78 Å². The summed E-state index contributed by atoms with van der Waals surface area (Å²) in [5.41, 5.74) is 0.803. The van der Waals surface area contributed by atoms with Crippen molar-refractivity contribution < 1.29 is 13.6 Å². The number of benzene rings is 1. The molecular weight excluding hydrogens is 350 g/mol. The summed E-state index contributed by atoms with van der Waals surface area (Å²) in [5, 5.41) is 14.3. The van der Waals surface area contributed by atoms with Crippen molar-refractivity contribution in [2.75, 3.05) is 19.6 Å². The van der Waals surface area contributed by atoms with Crippen LogP contribution in [0.25, 0.3) is 0 Å². The Bertz CT molecular complexity index is 781. The van der Waals surface area contributed by atoms with Crippen LogP contribution in [0.1, 0.15) is 37.3 Å². The molecule has 0 radical (unpaired) electrons. The highest BCUT2D eigenvalue weighted by atomic mass is 19.1. The second-order valence-electron chi connectivity index (χ2n) is 7.02. The fourth-order valence-corrected chi connectivity index (χ4v) is 3.58. The number of hydrogen-bond donors (Lipinski definition) is 0. The summed E-state index contributed by atoms with van der Waals surface area (Å²) in [6, 6.07) is 5.03. The molecule has 1 amide bonds. The zero-order valence-corrected chi connectivity index (χ0v) is 15.1. The average molecular weight is 372 g/mol. The molecule has 7 heteroatoms. The maximum Gasteiger partial charge on any atom is 0.269 e. The quantitative estimate of drug-likeness (QED) is 0.719. The summed E-state index contributed by atoms with van der Waals surface area (Å²) in [6.07, 6.45) is 4.16. The molecule has 0 spiro atoms. The molecule has 0 aromatic heterocycles. The first-order valence-electron chi connectivity index (χ1n) is 9.09. The Labute approximate surface area is 157 Å². The van der Waals surface area contributed by atoms with Gasteiger partial charge in [-0.3, -0.25) is 4.79 Å². The number of hydrazone groups is 1. The summed E-state index contributed by atoms with van der Waals surface area (Å²) in [4.78, 5) is 14.9. The molecule has 1 fully saturated rings. The molecule has 0 N–H and O–H groups in total. The van der Waals surface area contributed by atoms with Gasteiger partial charge in [-0.15, -0.1) is 0 Å². The maximum absolute atomic E-state index is 13.5. The number of hydrogen-bond acceptors (Lipinski definition) is 4. The van der Waals surface area contributed by atoms with E-state index in [1.165, 1.54) is 17.1 Å². The molecule has 0 bridgehead atoms. The number of carbonyl (C=O) groups excluding carboxylic acids is 1. The van der Waals surface area contributed by atoms with Crippen molar-refractivity contribution in [1.82, 2.24) is 9.91 Å². The summed E-state index contributed by atoms with van der Waals surface area (Å²) < 4.78 is 27.0. The lowest BCUT2D eigenvalue weighted by molar-refractivity contribution is -0.129. The second kappa shape index (κ2) is 8.40. The molecule has 0 aliphatic carbocycles. The van der Waals surface area contributed by atoms with Crippen molar-refractivity contribution in [2.24, 2.45) is 11.0 Å². The Morgan fingerprint density at radius 3 is 2.74 bits per heavy atom. The molecule has 2 unspecified atom stereocenters. The van der Waals surface area contributed by atoms with Crippen molar-refractivity contribution >= 4 is 12.1 Å². The molecule has 1 aromatic carbocycles. The summed E-state index contributed by atoms with van der Waals surface area (Å²) in [7, 11) is 0. The normalized spacial score (nSPS) is 22.2. The third kappa shape index (κ3) is 4.58. The molecule has 0 saturated carbocycles. The first-order chi connectivity index (χ1) is 13.0. The van der Waals surface area contributed by atoms with Gasteiger partial charge in [0.1, 0.15) is 11.6 Å². The number of halogens is 2. The van der Waals surface area contributed by atoms with Crippen LogP contribution in [0, 0.1) is 28.9 Å². The number of rotatable bonds is 6. The van der Waals surface area contributed by atoms with Crippen molar-refractivity contribution in [3.05, 3.63) is 47.5 Å².